The first-order valence-electron chi connectivity index (χ1n) is 5.15. The largest absolute Gasteiger partial charge is 0.477 e. The molecule has 0 unspecified atom stereocenters. The average Bonchev–Trinajstić information content (AvgIpc) is 2.76. The number of benzene rings is 1. The summed E-state index contributed by atoms with van der Waals surface area (Å²) in [6.07, 6.45) is 5.01. The molecule has 0 aliphatic rings. The molecule has 0 atom stereocenters. The van der Waals surface area contributed by atoms with Crippen molar-refractivity contribution in [1.82, 2.24) is 4.72 Å². The maximum absolute atomic E-state index is 12.1. The summed E-state index contributed by atoms with van der Waals surface area (Å²) in [7, 11) is -3.94. The third-order valence-electron chi connectivity index (χ3n) is 2.38. The second-order valence-electron chi connectivity index (χ2n) is 3.59. The van der Waals surface area contributed by atoms with Crippen molar-refractivity contribution in [2.45, 2.75) is 4.90 Å². The maximum atomic E-state index is 12.1. The third-order valence-corrected chi connectivity index (χ3v) is 5.15. The van der Waals surface area contributed by atoms with Crippen LogP contribution in [0.2, 0.25) is 0 Å². The molecule has 0 aliphatic heterocycles. The Kier molecular flexibility index (Phi) is 3.57. The third kappa shape index (κ3) is 2.46. The number of sulfonamides is 1. The van der Waals surface area contributed by atoms with Gasteiger partial charge in [-0.05, 0) is 6.07 Å². The van der Waals surface area contributed by atoms with Crippen molar-refractivity contribution in [1.29, 1.82) is 0 Å². The van der Waals surface area contributed by atoms with Gasteiger partial charge in [-0.15, -0.1) is 17.8 Å². The number of nitrogens with one attached hydrogen (secondary N) is 1. The molecule has 0 fully saturated rings. The first kappa shape index (κ1) is 13.5. The van der Waals surface area contributed by atoms with E-state index < -0.39 is 16.0 Å². The number of rotatable bonds is 4. The predicted octanol–water partition coefficient (Wildman–Crippen LogP) is 1.51. The van der Waals surface area contributed by atoms with Crippen LogP contribution in [0.4, 0.5) is 0 Å². The second kappa shape index (κ2) is 5.01. The first-order chi connectivity index (χ1) is 8.97. The molecule has 19 heavy (non-hydrogen) atoms. The quantitative estimate of drug-likeness (QED) is 0.838. The lowest BCUT2D eigenvalue weighted by Gasteiger charge is -2.04. The highest BCUT2D eigenvalue weighted by Gasteiger charge is 2.27. The highest BCUT2D eigenvalue weighted by molar-refractivity contribution is 7.90. The van der Waals surface area contributed by atoms with Gasteiger partial charge < -0.3 is 5.11 Å². The Morgan fingerprint density at radius 3 is 2.74 bits per heavy atom. The molecule has 2 aromatic rings. The highest BCUT2D eigenvalue weighted by atomic mass is 32.2. The van der Waals surface area contributed by atoms with Crippen molar-refractivity contribution in [3.05, 3.63) is 29.1 Å². The number of carboxylic acid groups (broad SMARTS) is 1. The van der Waals surface area contributed by atoms with E-state index in [4.69, 9.17) is 11.5 Å². The molecule has 0 spiro atoms. The van der Waals surface area contributed by atoms with Gasteiger partial charge in [-0.3, -0.25) is 0 Å². The SMILES string of the molecule is C#CCNS(=O)(=O)c1c(C(=O)O)sc2ccccc12. The van der Waals surface area contributed by atoms with E-state index in [2.05, 4.69) is 10.6 Å². The van der Waals surface area contributed by atoms with Crippen LogP contribution in [0, 0.1) is 12.3 Å². The van der Waals surface area contributed by atoms with Crippen LogP contribution >= 0.6 is 11.3 Å². The van der Waals surface area contributed by atoms with Gasteiger partial charge in [0.15, 0.2) is 0 Å². The van der Waals surface area contributed by atoms with Crippen LogP contribution in [0.15, 0.2) is 29.2 Å². The molecule has 0 saturated heterocycles. The van der Waals surface area contributed by atoms with Gasteiger partial charge >= 0.3 is 5.97 Å². The van der Waals surface area contributed by atoms with Gasteiger partial charge in [-0.1, -0.05) is 24.1 Å². The Balaban J connectivity index is 2.74. The normalized spacial score (nSPS) is 11.3. The minimum atomic E-state index is -3.94. The predicted molar refractivity (Wildman–Crippen MR) is 72.8 cm³/mol. The summed E-state index contributed by atoms with van der Waals surface area (Å²) in [5, 5.41) is 9.52. The van der Waals surface area contributed by atoms with Crippen LogP contribution < -0.4 is 4.72 Å². The summed E-state index contributed by atoms with van der Waals surface area (Å²) < 4.78 is 27.0. The van der Waals surface area contributed by atoms with Gasteiger partial charge in [0.25, 0.3) is 0 Å². The molecule has 98 valence electrons. The lowest BCUT2D eigenvalue weighted by Crippen LogP contribution is -2.25. The Labute approximate surface area is 113 Å². The lowest BCUT2D eigenvalue weighted by atomic mass is 10.2. The molecule has 1 heterocycles. The number of hydrogen-bond donors (Lipinski definition) is 2. The molecule has 0 saturated carbocycles. The molecular formula is C12H9NO4S2. The van der Waals surface area contributed by atoms with E-state index in [1.807, 2.05) is 0 Å². The van der Waals surface area contributed by atoms with E-state index in [0.29, 0.717) is 10.1 Å². The molecule has 0 amide bonds. The topological polar surface area (TPSA) is 83.5 Å². The van der Waals surface area contributed by atoms with Gasteiger partial charge in [0.05, 0.1) is 6.54 Å². The number of carbonyl (C=O) groups is 1. The monoisotopic (exact) mass is 295 g/mol. The maximum Gasteiger partial charge on any atom is 0.347 e. The Morgan fingerprint density at radius 2 is 2.11 bits per heavy atom. The minimum absolute atomic E-state index is 0.189. The van der Waals surface area contributed by atoms with E-state index in [-0.39, 0.29) is 16.3 Å². The lowest BCUT2D eigenvalue weighted by molar-refractivity contribution is 0.0698. The fraction of sp³-hybridized carbons (Fsp3) is 0.0833. The van der Waals surface area contributed by atoms with Crippen molar-refractivity contribution in [2.75, 3.05) is 6.54 Å². The second-order valence-corrected chi connectivity index (χ2v) is 6.35. The zero-order chi connectivity index (χ0) is 14.0. The Hall–Kier alpha value is -1.88. The minimum Gasteiger partial charge on any atom is -0.477 e. The zero-order valence-electron chi connectivity index (χ0n) is 9.58. The van der Waals surface area contributed by atoms with Crippen LogP contribution in [-0.2, 0) is 10.0 Å². The smallest absolute Gasteiger partial charge is 0.347 e. The molecule has 0 aliphatic carbocycles. The van der Waals surface area contributed by atoms with Crippen molar-refractivity contribution < 1.29 is 18.3 Å². The van der Waals surface area contributed by atoms with Gasteiger partial charge in [-0.2, -0.15) is 4.72 Å². The summed E-state index contributed by atoms with van der Waals surface area (Å²) in [5.41, 5.74) is 0. The fourth-order valence-corrected chi connectivity index (χ4v) is 4.31. The number of carboxylic acids is 1. The summed E-state index contributed by atoms with van der Waals surface area (Å²) >= 11 is 0.922. The fourth-order valence-electron chi connectivity index (χ4n) is 1.64. The molecule has 7 heteroatoms. The molecule has 2 N–H and O–H groups in total. The standard InChI is InChI=1S/C12H9NO4S2/c1-2-7-13-19(16,17)11-8-5-3-4-6-9(8)18-10(11)12(14)15/h1,3-6,13H,7H2,(H,14,15). The van der Waals surface area contributed by atoms with E-state index >= 15 is 0 Å². The van der Waals surface area contributed by atoms with Gasteiger partial charge in [0, 0.05) is 10.1 Å². The van der Waals surface area contributed by atoms with Crippen LogP contribution in [0.1, 0.15) is 9.67 Å². The Bertz CT molecular complexity index is 784. The summed E-state index contributed by atoms with van der Waals surface area (Å²) in [6.45, 7) is -0.189. The zero-order valence-corrected chi connectivity index (χ0v) is 11.2. The number of fused-ring (bicyclic) bond motifs is 1. The van der Waals surface area contributed by atoms with Gasteiger partial charge in [0.2, 0.25) is 10.0 Å². The molecule has 0 radical (unpaired) electrons. The van der Waals surface area contributed by atoms with E-state index in [1.54, 1.807) is 24.3 Å². The van der Waals surface area contributed by atoms with Gasteiger partial charge in [0.1, 0.15) is 9.77 Å². The van der Waals surface area contributed by atoms with Crippen molar-refractivity contribution >= 4 is 37.4 Å². The van der Waals surface area contributed by atoms with Crippen molar-refractivity contribution in [3.8, 4) is 12.3 Å². The van der Waals surface area contributed by atoms with Crippen molar-refractivity contribution in [3.63, 3.8) is 0 Å². The number of hydrogen-bond acceptors (Lipinski definition) is 4. The van der Waals surface area contributed by atoms with E-state index in [0.717, 1.165) is 11.3 Å². The molecule has 1 aromatic carbocycles. The molecular weight excluding hydrogens is 286 g/mol. The molecule has 1 aromatic heterocycles. The first-order valence-corrected chi connectivity index (χ1v) is 7.45. The van der Waals surface area contributed by atoms with Crippen LogP contribution in [0.5, 0.6) is 0 Å². The molecule has 5 nitrogen and oxygen atoms in total. The number of thiophene rings is 1. The van der Waals surface area contributed by atoms with Crippen molar-refractivity contribution in [2.24, 2.45) is 0 Å². The van der Waals surface area contributed by atoms with Crippen LogP contribution in [0.25, 0.3) is 10.1 Å². The van der Waals surface area contributed by atoms with Crippen LogP contribution in [0.3, 0.4) is 0 Å². The molecule has 2 rings (SSSR count). The van der Waals surface area contributed by atoms with E-state index in [9.17, 15) is 13.2 Å². The van der Waals surface area contributed by atoms with E-state index in [1.165, 1.54) is 0 Å². The van der Waals surface area contributed by atoms with Crippen LogP contribution in [-0.4, -0.2) is 26.0 Å². The summed E-state index contributed by atoms with van der Waals surface area (Å²) in [6, 6.07) is 6.62. The summed E-state index contributed by atoms with van der Waals surface area (Å²) in [5.74, 6) is 0.873. The number of terminal acetylenes is 1. The molecule has 0 bridgehead atoms. The highest BCUT2D eigenvalue weighted by Crippen LogP contribution is 2.34. The number of aromatic carboxylic acids is 1. The Morgan fingerprint density at radius 1 is 1.42 bits per heavy atom. The summed E-state index contributed by atoms with van der Waals surface area (Å²) in [4.78, 5) is 10.7. The van der Waals surface area contributed by atoms with Gasteiger partial charge in [-0.25, -0.2) is 13.2 Å². The average molecular weight is 295 g/mol.